The highest BCUT2D eigenvalue weighted by Gasteiger charge is 2.45. The number of carbonyl (C=O) groups excluding carboxylic acids is 1. The minimum absolute atomic E-state index is 0.0306. The number of ether oxygens (including phenoxy) is 1. The van der Waals surface area contributed by atoms with Crippen LogP contribution in [0.2, 0.25) is 0 Å². The number of rotatable bonds is 7. The number of anilines is 3. The van der Waals surface area contributed by atoms with E-state index >= 15 is 0 Å². The zero-order chi connectivity index (χ0) is 23.2. The molecule has 2 atom stereocenters. The first kappa shape index (κ1) is 20.8. The predicted molar refractivity (Wildman–Crippen MR) is 124 cm³/mol. The van der Waals surface area contributed by atoms with Gasteiger partial charge in [0.05, 0.1) is 30.4 Å². The van der Waals surface area contributed by atoms with Gasteiger partial charge in [-0.2, -0.15) is 0 Å². The Balaban J connectivity index is 1.24. The van der Waals surface area contributed by atoms with E-state index in [1.807, 2.05) is 17.0 Å². The van der Waals surface area contributed by atoms with Crippen molar-refractivity contribution in [1.29, 1.82) is 0 Å². The Hall–Kier alpha value is -3.82. The summed E-state index contributed by atoms with van der Waals surface area (Å²) in [7, 11) is 0. The third kappa shape index (κ3) is 3.78. The first-order chi connectivity index (χ1) is 16.6. The minimum atomic E-state index is -0.528. The first-order valence-electron chi connectivity index (χ1n) is 11.5. The molecule has 3 fully saturated rings. The second-order valence-corrected chi connectivity index (χ2v) is 9.03. The van der Waals surface area contributed by atoms with Crippen molar-refractivity contribution in [2.75, 3.05) is 29.9 Å². The lowest BCUT2D eigenvalue weighted by atomic mass is 10.2. The lowest BCUT2D eigenvalue weighted by molar-refractivity contribution is -0.127. The van der Waals surface area contributed by atoms with E-state index in [0.29, 0.717) is 48.2 Å². The lowest BCUT2D eigenvalue weighted by Gasteiger charge is -2.34. The summed E-state index contributed by atoms with van der Waals surface area (Å²) < 4.78 is 20.3. The van der Waals surface area contributed by atoms with Crippen molar-refractivity contribution in [2.24, 2.45) is 5.92 Å². The highest BCUT2D eigenvalue weighted by atomic mass is 19.1. The fraction of sp³-hybridized carbons (Fsp3) is 0.375. The molecule has 2 aliphatic heterocycles. The van der Waals surface area contributed by atoms with Gasteiger partial charge in [-0.05, 0) is 43.4 Å². The Morgan fingerprint density at radius 1 is 1.21 bits per heavy atom. The summed E-state index contributed by atoms with van der Waals surface area (Å²) >= 11 is 0. The van der Waals surface area contributed by atoms with Crippen LogP contribution in [0.15, 0.2) is 43.4 Å². The molecule has 5 heterocycles. The van der Waals surface area contributed by atoms with Gasteiger partial charge in [-0.3, -0.25) is 4.79 Å². The number of hydrogen-bond acceptors (Lipinski definition) is 8. The summed E-state index contributed by atoms with van der Waals surface area (Å²) in [6.07, 6.45) is 7.51. The molecular formula is C24H24FN7O2. The van der Waals surface area contributed by atoms with Crippen LogP contribution in [-0.2, 0) is 4.79 Å². The average Bonchev–Trinajstić information content (AvgIpc) is 3.47. The quantitative estimate of drug-likeness (QED) is 0.537. The average molecular weight is 462 g/mol. The standard InChI is InChI=1S/C24H24FN7O2/c1-2-21(33)32-11-15-7-16(32)10-31(15)20-6-5-19-22(29-20)24(28-13-27-19)30-23-18(25)8-17(9-26-23)34-12-14-3-4-14/h2,5-6,8-9,13-16H,1,3-4,7,10-12H2,(H,26,27,28,30)/t15-,16-/m0/s1. The maximum Gasteiger partial charge on any atom is 0.246 e. The molecule has 0 aromatic carbocycles. The smallest absolute Gasteiger partial charge is 0.246 e. The van der Waals surface area contributed by atoms with Crippen molar-refractivity contribution in [3.05, 3.63) is 49.2 Å². The molecule has 3 aromatic heterocycles. The summed E-state index contributed by atoms with van der Waals surface area (Å²) in [5, 5.41) is 2.96. The van der Waals surface area contributed by atoms with Crippen molar-refractivity contribution in [1.82, 2.24) is 24.8 Å². The number of amides is 1. The van der Waals surface area contributed by atoms with Crippen LogP contribution < -0.4 is 15.0 Å². The number of nitrogens with one attached hydrogen (secondary N) is 1. The fourth-order valence-corrected chi connectivity index (χ4v) is 4.72. The van der Waals surface area contributed by atoms with Crippen LogP contribution in [0.5, 0.6) is 5.75 Å². The normalized spacial score (nSPS) is 21.2. The molecule has 9 nitrogen and oxygen atoms in total. The molecule has 0 radical (unpaired) electrons. The zero-order valence-corrected chi connectivity index (χ0v) is 18.5. The molecule has 3 aliphatic rings. The van der Waals surface area contributed by atoms with Gasteiger partial charge in [-0.15, -0.1) is 0 Å². The predicted octanol–water partition coefficient (Wildman–Crippen LogP) is 3.07. The highest BCUT2D eigenvalue weighted by molar-refractivity contribution is 5.89. The number of piperazine rings is 1. The number of likely N-dealkylation sites (tertiary alicyclic amines) is 1. The topological polar surface area (TPSA) is 96.4 Å². The number of hydrogen-bond donors (Lipinski definition) is 1. The Bertz CT molecular complexity index is 1280. The summed E-state index contributed by atoms with van der Waals surface area (Å²) in [6.45, 7) is 5.54. The van der Waals surface area contributed by atoms with Crippen molar-refractivity contribution < 1.29 is 13.9 Å². The van der Waals surface area contributed by atoms with E-state index in [4.69, 9.17) is 9.72 Å². The van der Waals surface area contributed by atoms with Gasteiger partial charge in [-0.1, -0.05) is 6.58 Å². The number of aromatic nitrogens is 4. The molecule has 2 bridgehead atoms. The van der Waals surface area contributed by atoms with Crippen LogP contribution in [0.1, 0.15) is 19.3 Å². The Kier molecular flexibility index (Phi) is 5.00. The second-order valence-electron chi connectivity index (χ2n) is 9.03. The van der Waals surface area contributed by atoms with Crippen molar-refractivity contribution in [2.45, 2.75) is 31.3 Å². The molecule has 174 valence electrons. The van der Waals surface area contributed by atoms with Crippen molar-refractivity contribution >= 4 is 34.4 Å². The minimum Gasteiger partial charge on any atom is -0.492 e. The van der Waals surface area contributed by atoms with E-state index in [-0.39, 0.29) is 23.8 Å². The number of halogens is 1. The molecule has 1 amide bonds. The van der Waals surface area contributed by atoms with E-state index < -0.39 is 5.82 Å². The molecular weight excluding hydrogens is 437 g/mol. The Morgan fingerprint density at radius 3 is 2.82 bits per heavy atom. The largest absolute Gasteiger partial charge is 0.492 e. The number of carbonyl (C=O) groups is 1. The van der Waals surface area contributed by atoms with Crippen LogP contribution in [-0.4, -0.2) is 62.5 Å². The van der Waals surface area contributed by atoms with Crippen LogP contribution in [0.4, 0.5) is 21.8 Å². The van der Waals surface area contributed by atoms with Gasteiger partial charge in [0.1, 0.15) is 23.4 Å². The number of fused-ring (bicyclic) bond motifs is 3. The van der Waals surface area contributed by atoms with Crippen LogP contribution in [0.3, 0.4) is 0 Å². The molecule has 1 saturated carbocycles. The van der Waals surface area contributed by atoms with E-state index in [0.717, 1.165) is 25.1 Å². The first-order valence-corrected chi connectivity index (χ1v) is 11.5. The molecule has 6 rings (SSSR count). The molecule has 2 saturated heterocycles. The Morgan fingerprint density at radius 2 is 2.09 bits per heavy atom. The molecule has 10 heteroatoms. The van der Waals surface area contributed by atoms with Crippen LogP contribution in [0, 0.1) is 11.7 Å². The van der Waals surface area contributed by atoms with Gasteiger partial charge in [0.2, 0.25) is 5.91 Å². The summed E-state index contributed by atoms with van der Waals surface area (Å²) in [5.41, 5.74) is 1.16. The second kappa shape index (κ2) is 8.19. The highest BCUT2D eigenvalue weighted by Crippen LogP contribution is 2.35. The third-order valence-corrected chi connectivity index (χ3v) is 6.70. The number of pyridine rings is 2. The maximum atomic E-state index is 14.7. The monoisotopic (exact) mass is 461 g/mol. The van der Waals surface area contributed by atoms with E-state index in [1.54, 1.807) is 0 Å². The molecule has 1 aliphatic carbocycles. The van der Waals surface area contributed by atoms with Gasteiger partial charge in [0.25, 0.3) is 0 Å². The SMILES string of the molecule is C=CC(=O)N1C[C@@H]2C[C@H]1CN2c1ccc2ncnc(Nc3ncc(OCC4CC4)cc3F)c2n1. The molecule has 34 heavy (non-hydrogen) atoms. The third-order valence-electron chi connectivity index (χ3n) is 6.70. The summed E-state index contributed by atoms with van der Waals surface area (Å²) in [5.74, 6) is 1.63. The van der Waals surface area contributed by atoms with Crippen LogP contribution >= 0.6 is 0 Å². The van der Waals surface area contributed by atoms with Gasteiger partial charge < -0.3 is 19.9 Å². The molecule has 0 spiro atoms. The number of nitrogens with zero attached hydrogens (tertiary/aromatic N) is 6. The molecule has 3 aromatic rings. The van der Waals surface area contributed by atoms with Crippen molar-refractivity contribution in [3.63, 3.8) is 0 Å². The Labute approximate surface area is 195 Å². The van der Waals surface area contributed by atoms with E-state index in [2.05, 4.69) is 31.7 Å². The van der Waals surface area contributed by atoms with Crippen molar-refractivity contribution in [3.8, 4) is 5.75 Å². The van der Waals surface area contributed by atoms with E-state index in [1.165, 1.54) is 24.7 Å². The van der Waals surface area contributed by atoms with Gasteiger partial charge >= 0.3 is 0 Å². The van der Waals surface area contributed by atoms with E-state index in [9.17, 15) is 9.18 Å². The summed E-state index contributed by atoms with van der Waals surface area (Å²) in [4.78, 5) is 33.7. The molecule has 0 unspecified atom stereocenters. The summed E-state index contributed by atoms with van der Waals surface area (Å²) in [6, 6.07) is 5.47. The van der Waals surface area contributed by atoms with Gasteiger partial charge in [0.15, 0.2) is 17.5 Å². The van der Waals surface area contributed by atoms with Crippen LogP contribution in [0.25, 0.3) is 11.0 Å². The van der Waals surface area contributed by atoms with Gasteiger partial charge in [-0.25, -0.2) is 24.3 Å². The lowest BCUT2D eigenvalue weighted by Crippen LogP contribution is -2.48. The maximum absolute atomic E-state index is 14.7. The van der Waals surface area contributed by atoms with Gasteiger partial charge in [0, 0.05) is 19.2 Å². The zero-order valence-electron chi connectivity index (χ0n) is 18.5. The fourth-order valence-electron chi connectivity index (χ4n) is 4.72. The molecule has 1 N–H and O–H groups in total.